The van der Waals surface area contributed by atoms with E-state index in [1.54, 1.807) is 18.3 Å². The Hall–Kier alpha value is -6.71. The van der Waals surface area contributed by atoms with E-state index in [0.29, 0.717) is 67.9 Å². The molecule has 21 heteroatoms. The van der Waals surface area contributed by atoms with E-state index in [2.05, 4.69) is 46.8 Å². The van der Waals surface area contributed by atoms with Gasteiger partial charge in [-0.2, -0.15) is 4.98 Å². The predicted octanol–water partition coefficient (Wildman–Crippen LogP) is 10.5. The van der Waals surface area contributed by atoms with Gasteiger partial charge in [0.2, 0.25) is 5.88 Å². The van der Waals surface area contributed by atoms with Crippen LogP contribution < -0.4 is 34.2 Å². The molecule has 6 heterocycles. The molecule has 2 saturated carbocycles. The summed E-state index contributed by atoms with van der Waals surface area (Å²) in [5.74, 6) is 0.0366. The number of nitro groups is 1. The lowest BCUT2D eigenvalue weighted by molar-refractivity contribution is -0.384. The number of fused-ring (bicyclic) bond motifs is 3. The summed E-state index contributed by atoms with van der Waals surface area (Å²) in [6.45, 7) is 10.7. The number of hydrogen-bond acceptors (Lipinski definition) is 15. The summed E-state index contributed by atoms with van der Waals surface area (Å²) in [6, 6.07) is 26.3. The largest absolute Gasteiger partial charge is 0.491 e. The van der Waals surface area contributed by atoms with Gasteiger partial charge in [0.15, 0.2) is 0 Å². The normalized spacial score (nSPS) is 24.1. The molecule has 428 valence electrons. The first-order valence-electron chi connectivity index (χ1n) is 28.3. The fourth-order valence-electron chi connectivity index (χ4n) is 13.4. The number of carbonyl (C=O) groups is 1. The van der Waals surface area contributed by atoms with Crippen molar-refractivity contribution >= 4 is 72.7 Å². The van der Waals surface area contributed by atoms with Crippen LogP contribution in [0.3, 0.4) is 0 Å². The van der Waals surface area contributed by atoms with E-state index in [1.807, 2.05) is 63.2 Å². The van der Waals surface area contributed by atoms with Gasteiger partial charge in [-0.15, -0.1) is 0 Å². The van der Waals surface area contributed by atoms with Crippen molar-refractivity contribution in [3.8, 4) is 11.6 Å². The van der Waals surface area contributed by atoms with Gasteiger partial charge in [-0.1, -0.05) is 29.8 Å². The summed E-state index contributed by atoms with van der Waals surface area (Å²) < 4.78 is 64.5. The van der Waals surface area contributed by atoms with E-state index in [9.17, 15) is 32.8 Å². The number of piperazine rings is 1. The first-order valence-corrected chi connectivity index (χ1v) is 30.2. The number of carbonyl (C=O) groups excluding carboxylic acids is 1. The molecule has 0 unspecified atom stereocenters. The lowest BCUT2D eigenvalue weighted by Crippen LogP contribution is -2.60. The van der Waals surface area contributed by atoms with E-state index in [-0.39, 0.29) is 52.4 Å². The third-order valence-corrected chi connectivity index (χ3v) is 19.5. The van der Waals surface area contributed by atoms with E-state index in [1.165, 1.54) is 18.2 Å². The number of pyridine rings is 1. The molecule has 1 spiro atoms. The number of aromatic nitrogens is 2. The zero-order valence-electron chi connectivity index (χ0n) is 45.8. The Morgan fingerprint density at radius 3 is 2.48 bits per heavy atom. The smallest absolute Gasteiger partial charge is 0.293 e. The van der Waals surface area contributed by atoms with Gasteiger partial charge in [-0.05, 0) is 157 Å². The standard InChI is InChI=1S/C60H69ClFN9O9S/c1-37(2)79-54-7-5-4-6-44(54)53-35-68(40-9-12-46(61)47(62)29-40)25-26-69(53)42-32-60(33-42)20-23-67(24-21-60)41-8-11-45(50(30-41)70-49-17-27-78-36-55(49)80-58-52(70)28-39-16-22-63-56(39)65-58)57(72)66-81(76,77)43-10-13-48(51(31-43)71(74)75)64-34-38-14-18-59(3,73)19-15-38/h4-13,16,22,28-31,37-38,42,49,53,55,64,73H,14-15,17-21,23-27,32-36H2,1-3H3,(H,63,65)(H,66,72)/t38?,49-,53+,55-,59?/m0/s1. The summed E-state index contributed by atoms with van der Waals surface area (Å²) in [5, 5.41) is 26.9. The number of rotatable bonds is 14. The monoisotopic (exact) mass is 1150 g/mol. The van der Waals surface area contributed by atoms with E-state index >= 15 is 0 Å². The van der Waals surface area contributed by atoms with Gasteiger partial charge >= 0.3 is 0 Å². The fourth-order valence-corrected chi connectivity index (χ4v) is 14.5. The highest BCUT2D eigenvalue weighted by atomic mass is 35.5. The number of anilines is 5. The molecule has 1 amide bonds. The maximum absolute atomic E-state index is 14.8. The summed E-state index contributed by atoms with van der Waals surface area (Å²) in [5.41, 5.74) is 3.69. The molecule has 6 aromatic rings. The van der Waals surface area contributed by atoms with Crippen LogP contribution in [0.25, 0.3) is 11.0 Å². The van der Waals surface area contributed by atoms with Gasteiger partial charge in [0.1, 0.15) is 34.7 Å². The molecule has 3 atom stereocenters. The first-order chi connectivity index (χ1) is 38.9. The average Bonchev–Trinajstić information content (AvgIpc) is 3.85. The topological polar surface area (TPSA) is 208 Å². The number of sulfonamides is 1. The van der Waals surface area contributed by atoms with Crippen molar-refractivity contribution < 1.29 is 41.8 Å². The van der Waals surface area contributed by atoms with Crippen molar-refractivity contribution in [2.24, 2.45) is 11.3 Å². The molecule has 4 N–H and O–H groups in total. The lowest BCUT2D eigenvalue weighted by atomic mass is 9.59. The molecular weight excluding hydrogens is 1080 g/mol. The summed E-state index contributed by atoms with van der Waals surface area (Å²) in [4.78, 5) is 43.5. The molecule has 0 radical (unpaired) electrons. The minimum absolute atomic E-state index is 0.00199. The highest BCUT2D eigenvalue weighted by Crippen LogP contribution is 2.54. The highest BCUT2D eigenvalue weighted by Gasteiger charge is 2.51. The number of benzene rings is 4. The Labute approximate surface area is 476 Å². The number of aliphatic hydroxyl groups is 1. The number of aromatic amines is 1. The van der Waals surface area contributed by atoms with Crippen LogP contribution in [-0.4, -0.2) is 122 Å². The van der Waals surface area contributed by atoms with Crippen LogP contribution in [0.15, 0.2) is 102 Å². The third kappa shape index (κ3) is 11.1. The second kappa shape index (κ2) is 21.9. The van der Waals surface area contributed by atoms with Crippen LogP contribution >= 0.6 is 11.6 Å². The summed E-state index contributed by atoms with van der Waals surface area (Å²) in [6.07, 6.45) is 8.56. The van der Waals surface area contributed by atoms with Crippen LogP contribution in [0.2, 0.25) is 5.02 Å². The molecule has 2 aromatic heterocycles. The summed E-state index contributed by atoms with van der Waals surface area (Å²) in [7, 11) is -4.66. The Bertz CT molecular complexity index is 3470. The van der Waals surface area contributed by atoms with Crippen molar-refractivity contribution in [2.45, 2.75) is 119 Å². The van der Waals surface area contributed by atoms with Crippen molar-refractivity contribution in [1.29, 1.82) is 0 Å². The number of ether oxygens (including phenoxy) is 3. The Kier molecular flexibility index (Phi) is 14.8. The number of nitrogens with zero attached hydrogens (tertiary/aromatic N) is 6. The number of halogens is 2. The Morgan fingerprint density at radius 2 is 1.72 bits per heavy atom. The van der Waals surface area contributed by atoms with Crippen LogP contribution in [0, 0.1) is 27.3 Å². The minimum atomic E-state index is -4.66. The molecule has 12 rings (SSSR count). The molecule has 5 fully saturated rings. The second-order valence-electron chi connectivity index (χ2n) is 23.6. The Balaban J connectivity index is 0.807. The number of piperidine rings is 1. The average molecular weight is 1150 g/mol. The Morgan fingerprint density at radius 1 is 0.951 bits per heavy atom. The highest BCUT2D eigenvalue weighted by molar-refractivity contribution is 7.90. The molecule has 81 heavy (non-hydrogen) atoms. The van der Waals surface area contributed by atoms with Crippen molar-refractivity contribution in [1.82, 2.24) is 19.6 Å². The second-order valence-corrected chi connectivity index (χ2v) is 25.7. The van der Waals surface area contributed by atoms with E-state index < -0.39 is 49.0 Å². The number of hydrogen-bond donors (Lipinski definition) is 4. The van der Waals surface area contributed by atoms with Crippen LogP contribution in [0.4, 0.5) is 38.5 Å². The van der Waals surface area contributed by atoms with Crippen molar-refractivity contribution in [2.75, 3.05) is 72.5 Å². The SMILES string of the molecule is CC(C)Oc1ccccc1[C@H]1CN(c2ccc(Cl)c(F)c2)CCN1C1CC2(CCN(c3ccc(C(=O)NS(=O)(=O)c4ccc(NCC5CCC(C)(O)CC5)c([N+](=O)[O-])c4)c(N4c5cc6cc[nH]c6nc5O[C@H]5COCC[C@@H]54)c3)CC2)C1. The number of H-pyrrole nitrogens is 1. The third-order valence-electron chi connectivity index (χ3n) is 17.9. The lowest BCUT2D eigenvalue weighted by Gasteiger charge is -2.58. The van der Waals surface area contributed by atoms with Gasteiger partial charge in [-0.3, -0.25) is 19.8 Å². The summed E-state index contributed by atoms with van der Waals surface area (Å²) >= 11 is 6.12. The molecule has 6 aliphatic rings. The maximum Gasteiger partial charge on any atom is 0.293 e. The van der Waals surface area contributed by atoms with Gasteiger partial charge in [0.25, 0.3) is 21.6 Å². The molecule has 4 aromatic carbocycles. The van der Waals surface area contributed by atoms with Gasteiger partial charge in [-0.25, -0.2) is 17.5 Å². The van der Waals surface area contributed by atoms with E-state index in [4.69, 9.17) is 30.8 Å². The van der Waals surface area contributed by atoms with E-state index in [0.717, 1.165) is 98.8 Å². The zero-order valence-corrected chi connectivity index (χ0v) is 47.4. The van der Waals surface area contributed by atoms with Gasteiger partial charge in [0, 0.05) is 86.5 Å². The zero-order chi connectivity index (χ0) is 56.4. The fraction of sp³-hybridized carbons (Fsp3) is 0.467. The van der Waals surface area contributed by atoms with Crippen LogP contribution in [-0.2, 0) is 14.8 Å². The van der Waals surface area contributed by atoms with Crippen molar-refractivity contribution in [3.63, 3.8) is 0 Å². The molecular formula is C60H69ClFN9O9S. The van der Waals surface area contributed by atoms with Crippen LogP contribution in [0.5, 0.6) is 11.6 Å². The molecule has 3 saturated heterocycles. The van der Waals surface area contributed by atoms with Gasteiger partial charge in [0.05, 0.1) is 56.5 Å². The molecule has 4 aliphatic heterocycles. The van der Waals surface area contributed by atoms with Gasteiger partial charge < -0.3 is 44.3 Å². The molecule has 0 bridgehead atoms. The molecule has 18 nitrogen and oxygen atoms in total. The number of amides is 1. The number of nitro benzene ring substituents is 1. The quantitative estimate of drug-likeness (QED) is 0.0591. The van der Waals surface area contributed by atoms with Crippen LogP contribution in [0.1, 0.15) is 101 Å². The first kappa shape index (κ1) is 54.9. The maximum atomic E-state index is 14.8. The predicted molar refractivity (Wildman–Crippen MR) is 309 cm³/mol. The molecule has 2 aliphatic carbocycles. The number of nitrogens with one attached hydrogen (secondary N) is 3. The minimum Gasteiger partial charge on any atom is -0.491 e. The van der Waals surface area contributed by atoms with Crippen molar-refractivity contribution in [3.05, 3.63) is 129 Å². The number of para-hydroxylation sites is 1.